The summed E-state index contributed by atoms with van der Waals surface area (Å²) in [6, 6.07) is 6.21. The average molecular weight is 526 g/mol. The standard InChI is InChI=1S/C27H39N7O4/c28-27(29)31-13-4-8-21(24(36)25-33-20-7-1-2-9-22(20)38-25)32-23(35)17-34-16-12-19(26(34)37)6-3-5-18-10-14-30-15-11-18/h1-2,7,9,18-19,21,30H,3-6,8,10-17H2,(H,32,35)(H4,28,29,31)/t19?,21-/m0/s1. The zero-order valence-corrected chi connectivity index (χ0v) is 21.9. The van der Waals surface area contributed by atoms with Crippen LogP contribution in [0.2, 0.25) is 0 Å². The molecule has 0 radical (unpaired) electrons. The van der Waals surface area contributed by atoms with E-state index >= 15 is 0 Å². The average Bonchev–Trinajstić information content (AvgIpc) is 3.50. The molecule has 2 aliphatic heterocycles. The number of ketones is 1. The van der Waals surface area contributed by atoms with Crippen LogP contribution >= 0.6 is 0 Å². The van der Waals surface area contributed by atoms with Crippen LogP contribution in [0.3, 0.4) is 0 Å². The van der Waals surface area contributed by atoms with Gasteiger partial charge in [0.15, 0.2) is 11.5 Å². The molecule has 0 saturated carbocycles. The van der Waals surface area contributed by atoms with Crippen molar-refractivity contribution in [3.8, 4) is 0 Å². The quantitative estimate of drug-likeness (QED) is 0.132. The van der Waals surface area contributed by atoms with Crippen molar-refractivity contribution in [2.45, 2.75) is 57.4 Å². The third-order valence-corrected chi connectivity index (χ3v) is 7.47. The number of piperidine rings is 1. The van der Waals surface area contributed by atoms with Crippen LogP contribution in [0.1, 0.15) is 62.1 Å². The summed E-state index contributed by atoms with van der Waals surface area (Å²) >= 11 is 0. The van der Waals surface area contributed by atoms with Crippen LogP contribution in [-0.4, -0.2) is 72.2 Å². The molecule has 11 heteroatoms. The Balaban J connectivity index is 1.31. The molecule has 2 aliphatic rings. The maximum Gasteiger partial charge on any atom is 0.266 e. The zero-order chi connectivity index (χ0) is 26.9. The molecule has 2 amide bonds. The molecule has 0 spiro atoms. The van der Waals surface area contributed by atoms with Crippen molar-refractivity contribution in [2.24, 2.45) is 28.3 Å². The summed E-state index contributed by atoms with van der Waals surface area (Å²) in [5, 5.41) is 6.18. The topological polar surface area (TPSA) is 169 Å². The SMILES string of the molecule is NC(N)=NCCC[C@H](NC(=O)CN1CCC(CCCC2CCNCC2)C1=O)C(=O)c1nc2ccccc2o1. The summed E-state index contributed by atoms with van der Waals surface area (Å²) in [5.74, 6) is -0.162. The summed E-state index contributed by atoms with van der Waals surface area (Å²) in [7, 11) is 0. The van der Waals surface area contributed by atoms with Crippen LogP contribution in [0.25, 0.3) is 11.1 Å². The number of hydrogen-bond donors (Lipinski definition) is 4. The van der Waals surface area contributed by atoms with Crippen LogP contribution in [0.15, 0.2) is 33.7 Å². The third-order valence-electron chi connectivity index (χ3n) is 7.47. The van der Waals surface area contributed by atoms with Gasteiger partial charge in [-0.05, 0) is 69.7 Å². The smallest absolute Gasteiger partial charge is 0.266 e. The van der Waals surface area contributed by atoms with E-state index in [0.717, 1.165) is 44.7 Å². The second kappa shape index (κ2) is 13.4. The Labute approximate surface area is 222 Å². The highest BCUT2D eigenvalue weighted by Crippen LogP contribution is 2.26. The van der Waals surface area contributed by atoms with Crippen molar-refractivity contribution in [3.05, 3.63) is 30.2 Å². The number of hydrogen-bond acceptors (Lipinski definition) is 7. The Morgan fingerprint density at radius 1 is 1.16 bits per heavy atom. The van der Waals surface area contributed by atoms with Crippen LogP contribution in [0.5, 0.6) is 0 Å². The van der Waals surface area contributed by atoms with Gasteiger partial charge in [-0.25, -0.2) is 4.98 Å². The van der Waals surface area contributed by atoms with Crippen molar-refractivity contribution in [1.29, 1.82) is 0 Å². The normalized spacial score (nSPS) is 19.0. The van der Waals surface area contributed by atoms with Crippen LogP contribution < -0.4 is 22.1 Å². The highest BCUT2D eigenvalue weighted by Gasteiger charge is 2.33. The summed E-state index contributed by atoms with van der Waals surface area (Å²) < 4.78 is 5.64. The van der Waals surface area contributed by atoms with Gasteiger partial charge >= 0.3 is 0 Å². The van der Waals surface area contributed by atoms with Gasteiger partial charge in [0, 0.05) is 19.0 Å². The molecular weight excluding hydrogens is 486 g/mol. The Morgan fingerprint density at radius 3 is 2.71 bits per heavy atom. The second-order valence-electron chi connectivity index (χ2n) is 10.3. The first-order valence-electron chi connectivity index (χ1n) is 13.6. The number of Topliss-reactive ketones (excluding diaryl/α,β-unsaturated/α-hetero) is 1. The molecule has 0 bridgehead atoms. The maximum absolute atomic E-state index is 13.2. The number of nitrogens with zero attached hydrogens (tertiary/aromatic N) is 3. The van der Waals surface area contributed by atoms with Gasteiger partial charge in [0.05, 0.1) is 12.6 Å². The van der Waals surface area contributed by atoms with E-state index < -0.39 is 11.8 Å². The molecular formula is C27H39N7O4. The molecule has 206 valence electrons. The molecule has 11 nitrogen and oxygen atoms in total. The minimum atomic E-state index is -0.872. The van der Waals surface area contributed by atoms with Crippen LogP contribution in [-0.2, 0) is 9.59 Å². The Bertz CT molecular complexity index is 1100. The van der Waals surface area contributed by atoms with Gasteiger partial charge in [-0.3, -0.25) is 19.4 Å². The number of benzene rings is 1. The number of likely N-dealkylation sites (tertiary alicyclic amines) is 1. The molecule has 2 fully saturated rings. The van der Waals surface area contributed by atoms with E-state index in [-0.39, 0.29) is 36.1 Å². The fourth-order valence-electron chi connectivity index (χ4n) is 5.36. The lowest BCUT2D eigenvalue weighted by Crippen LogP contribution is -2.46. The first kappa shape index (κ1) is 27.6. The number of nitrogens with two attached hydrogens (primary N) is 2. The number of nitrogens with one attached hydrogen (secondary N) is 2. The molecule has 38 heavy (non-hydrogen) atoms. The van der Waals surface area contributed by atoms with Crippen molar-refractivity contribution in [2.75, 3.05) is 32.7 Å². The van der Waals surface area contributed by atoms with Gasteiger partial charge in [0.2, 0.25) is 17.6 Å². The third kappa shape index (κ3) is 7.53. The largest absolute Gasteiger partial charge is 0.434 e. The lowest BCUT2D eigenvalue weighted by molar-refractivity contribution is -0.135. The highest BCUT2D eigenvalue weighted by molar-refractivity contribution is 6.00. The van der Waals surface area contributed by atoms with E-state index in [4.69, 9.17) is 15.9 Å². The lowest BCUT2D eigenvalue weighted by Gasteiger charge is -2.23. The van der Waals surface area contributed by atoms with Gasteiger partial charge in [0.25, 0.3) is 5.89 Å². The monoisotopic (exact) mass is 525 g/mol. The van der Waals surface area contributed by atoms with Gasteiger partial charge in [-0.1, -0.05) is 25.0 Å². The number of aliphatic imine (C=N–C) groups is 1. The summed E-state index contributed by atoms with van der Waals surface area (Å²) in [5.41, 5.74) is 11.8. The molecule has 0 aliphatic carbocycles. The minimum Gasteiger partial charge on any atom is -0.434 e. The molecule has 6 N–H and O–H groups in total. The zero-order valence-electron chi connectivity index (χ0n) is 21.9. The molecule has 4 rings (SSSR count). The molecule has 1 aromatic heterocycles. The summed E-state index contributed by atoms with van der Waals surface area (Å²) in [6.07, 6.45) is 7.01. The molecule has 2 aromatic rings. The summed E-state index contributed by atoms with van der Waals surface area (Å²) in [4.78, 5) is 49.0. The minimum absolute atomic E-state index is 0.0266. The number of rotatable bonds is 13. The number of aromatic nitrogens is 1. The van der Waals surface area contributed by atoms with E-state index in [1.54, 1.807) is 29.2 Å². The Hall–Kier alpha value is -3.47. The Morgan fingerprint density at radius 2 is 1.95 bits per heavy atom. The van der Waals surface area contributed by atoms with Crippen LogP contribution in [0, 0.1) is 11.8 Å². The van der Waals surface area contributed by atoms with E-state index in [1.807, 2.05) is 0 Å². The highest BCUT2D eigenvalue weighted by atomic mass is 16.4. The second-order valence-corrected chi connectivity index (χ2v) is 10.3. The number of carbonyl (C=O) groups is 3. The summed E-state index contributed by atoms with van der Waals surface area (Å²) in [6.45, 7) is 2.97. The fraction of sp³-hybridized carbons (Fsp3) is 0.593. The van der Waals surface area contributed by atoms with Gasteiger partial charge < -0.3 is 31.4 Å². The lowest BCUT2D eigenvalue weighted by atomic mass is 9.90. The Kier molecular flexibility index (Phi) is 9.69. The van der Waals surface area contributed by atoms with Crippen LogP contribution in [0.4, 0.5) is 0 Å². The van der Waals surface area contributed by atoms with Gasteiger partial charge in [-0.2, -0.15) is 0 Å². The number of carbonyl (C=O) groups excluding carboxylic acids is 3. The van der Waals surface area contributed by atoms with Gasteiger partial charge in [0.1, 0.15) is 5.52 Å². The molecule has 2 atom stereocenters. The number of oxazole rings is 1. The first-order chi connectivity index (χ1) is 18.4. The van der Waals surface area contributed by atoms with E-state index in [2.05, 4.69) is 20.6 Å². The number of amides is 2. The first-order valence-corrected chi connectivity index (χ1v) is 13.6. The predicted octanol–water partition coefficient (Wildman–Crippen LogP) is 1.57. The number of guanidine groups is 1. The molecule has 1 unspecified atom stereocenters. The molecule has 1 aromatic carbocycles. The van der Waals surface area contributed by atoms with Crippen molar-refractivity contribution >= 4 is 34.7 Å². The number of fused-ring (bicyclic) bond motifs is 1. The number of para-hydroxylation sites is 2. The van der Waals surface area contributed by atoms with Crippen molar-refractivity contribution < 1.29 is 18.8 Å². The van der Waals surface area contributed by atoms with E-state index in [9.17, 15) is 14.4 Å². The maximum atomic E-state index is 13.2. The van der Waals surface area contributed by atoms with Crippen molar-refractivity contribution in [1.82, 2.24) is 20.5 Å². The fourth-order valence-corrected chi connectivity index (χ4v) is 5.36. The van der Waals surface area contributed by atoms with Gasteiger partial charge in [-0.15, -0.1) is 0 Å². The van der Waals surface area contributed by atoms with Crippen molar-refractivity contribution in [3.63, 3.8) is 0 Å². The van der Waals surface area contributed by atoms with E-state index in [1.165, 1.54) is 12.8 Å². The molecule has 3 heterocycles. The molecule has 2 saturated heterocycles. The predicted molar refractivity (Wildman–Crippen MR) is 144 cm³/mol. The van der Waals surface area contributed by atoms with E-state index in [0.29, 0.717) is 37.0 Å².